The van der Waals surface area contributed by atoms with Gasteiger partial charge in [0, 0.05) is 33.7 Å². The van der Waals surface area contributed by atoms with Crippen molar-refractivity contribution >= 4 is 75.5 Å². The number of hydrogen-bond acceptors (Lipinski definition) is 3. The Morgan fingerprint density at radius 1 is 1.00 bits per heavy atom. The predicted molar refractivity (Wildman–Crippen MR) is 130 cm³/mol. The number of nitrogens with two attached hydrogens (primary N) is 1. The van der Waals surface area contributed by atoms with Gasteiger partial charge in [-0.05, 0) is 61.2 Å². The van der Waals surface area contributed by atoms with Crippen LogP contribution in [-0.4, -0.2) is 28.2 Å². The van der Waals surface area contributed by atoms with Gasteiger partial charge in [-0.25, -0.2) is 0 Å². The van der Waals surface area contributed by atoms with E-state index in [-0.39, 0.29) is 34.5 Å². The second kappa shape index (κ2) is 9.21. The monoisotopic (exact) mass is 533 g/mol. The van der Waals surface area contributed by atoms with Crippen LogP contribution in [0.3, 0.4) is 0 Å². The van der Waals surface area contributed by atoms with E-state index < -0.39 is 16.2 Å². The molecule has 2 aliphatic carbocycles. The minimum atomic E-state index is -1.30. The van der Waals surface area contributed by atoms with E-state index in [1.807, 2.05) is 0 Å². The van der Waals surface area contributed by atoms with Crippen molar-refractivity contribution in [3.63, 3.8) is 0 Å². The van der Waals surface area contributed by atoms with Gasteiger partial charge in [-0.3, -0.25) is 9.59 Å². The number of rotatable bonds is 5. The van der Waals surface area contributed by atoms with Crippen molar-refractivity contribution in [2.24, 2.45) is 11.7 Å². The zero-order valence-corrected chi connectivity index (χ0v) is 20.5. The quantitative estimate of drug-likeness (QED) is 0.424. The fraction of sp³-hybridized carbons (Fsp3) is 0.364. The Morgan fingerprint density at radius 3 is 2.31 bits per heavy atom. The summed E-state index contributed by atoms with van der Waals surface area (Å²) in [6.45, 7) is 0. The van der Waals surface area contributed by atoms with Crippen LogP contribution in [0.5, 0.6) is 0 Å². The van der Waals surface area contributed by atoms with Crippen LogP contribution in [0.2, 0.25) is 15.1 Å². The van der Waals surface area contributed by atoms with Crippen LogP contribution in [0.1, 0.15) is 41.1 Å². The highest BCUT2D eigenvalue weighted by molar-refractivity contribution is 6.53. The Bertz CT molecular complexity index is 1060. The van der Waals surface area contributed by atoms with Crippen LogP contribution in [0, 0.1) is 5.92 Å². The van der Waals surface area contributed by atoms with E-state index in [2.05, 4.69) is 10.6 Å². The molecule has 32 heavy (non-hydrogen) atoms. The van der Waals surface area contributed by atoms with Gasteiger partial charge in [-0.1, -0.05) is 34.8 Å². The van der Waals surface area contributed by atoms with Crippen LogP contribution in [0.15, 0.2) is 36.4 Å². The number of halogens is 5. The molecule has 2 fully saturated rings. The smallest absolute Gasteiger partial charge is 0.253 e. The zero-order chi connectivity index (χ0) is 23.2. The standard InChI is InChI=1S/C22H20Cl5N3O2/c23-11-5-10(6-12(24)7-11)18-19(22(18,26)27)21(32)30-15-3-4-17(25)16(9-15)20(31)29-14-2-1-13(28)8-14/h3-7,9,13-14,18-19H,1-2,8,28H2,(H,29,31)(H,30,32). The summed E-state index contributed by atoms with van der Waals surface area (Å²) in [4.78, 5) is 25.6. The van der Waals surface area contributed by atoms with Crippen molar-refractivity contribution in [1.29, 1.82) is 0 Å². The molecule has 0 aliphatic heterocycles. The van der Waals surface area contributed by atoms with E-state index >= 15 is 0 Å². The first-order valence-corrected chi connectivity index (χ1v) is 12.0. The highest BCUT2D eigenvalue weighted by Gasteiger charge is 2.67. The van der Waals surface area contributed by atoms with Gasteiger partial charge in [0.2, 0.25) is 5.91 Å². The summed E-state index contributed by atoms with van der Waals surface area (Å²) in [5, 5.41) is 6.87. The predicted octanol–water partition coefficient (Wildman–Crippen LogP) is 5.78. The number of benzene rings is 2. The van der Waals surface area contributed by atoms with Crippen LogP contribution in [0.25, 0.3) is 0 Å². The zero-order valence-electron chi connectivity index (χ0n) is 16.7. The van der Waals surface area contributed by atoms with Gasteiger partial charge in [0.1, 0.15) is 4.33 Å². The number of nitrogens with one attached hydrogen (secondary N) is 2. The summed E-state index contributed by atoms with van der Waals surface area (Å²) in [6.07, 6.45) is 2.42. The first-order valence-electron chi connectivity index (χ1n) is 10.1. The molecule has 0 bridgehead atoms. The summed E-state index contributed by atoms with van der Waals surface area (Å²) in [7, 11) is 0. The SMILES string of the molecule is NC1CCC(NC(=O)c2cc(NC(=O)C3C(c4cc(Cl)cc(Cl)c4)C3(Cl)Cl)ccc2Cl)C1. The molecule has 4 N–H and O–H groups in total. The third kappa shape index (κ3) is 4.98. The van der Waals surface area contributed by atoms with Gasteiger partial charge >= 0.3 is 0 Å². The number of alkyl halides is 2. The van der Waals surface area contributed by atoms with E-state index in [4.69, 9.17) is 63.7 Å². The van der Waals surface area contributed by atoms with Crippen molar-refractivity contribution in [1.82, 2.24) is 5.32 Å². The van der Waals surface area contributed by atoms with Crippen LogP contribution >= 0.6 is 58.0 Å². The average Bonchev–Trinajstić information content (AvgIpc) is 3.05. The van der Waals surface area contributed by atoms with Gasteiger partial charge < -0.3 is 16.4 Å². The maximum absolute atomic E-state index is 12.9. The summed E-state index contributed by atoms with van der Waals surface area (Å²) in [5.74, 6) is -1.88. The summed E-state index contributed by atoms with van der Waals surface area (Å²) >= 11 is 31.2. The largest absolute Gasteiger partial charge is 0.349 e. The lowest BCUT2D eigenvalue weighted by Crippen LogP contribution is -2.34. The van der Waals surface area contributed by atoms with E-state index in [9.17, 15) is 9.59 Å². The second-order valence-electron chi connectivity index (χ2n) is 8.26. The van der Waals surface area contributed by atoms with E-state index in [0.29, 0.717) is 21.3 Å². The molecule has 4 unspecified atom stereocenters. The summed E-state index contributed by atoms with van der Waals surface area (Å²) < 4.78 is -1.30. The topological polar surface area (TPSA) is 84.2 Å². The fourth-order valence-electron chi connectivity index (χ4n) is 4.23. The normalized spacial score (nSPS) is 25.9. The molecule has 4 rings (SSSR count). The Hall–Kier alpha value is -1.21. The summed E-state index contributed by atoms with van der Waals surface area (Å²) in [6, 6.07) is 9.76. The average molecular weight is 536 g/mol. The lowest BCUT2D eigenvalue weighted by Gasteiger charge is -2.14. The Kier molecular flexibility index (Phi) is 6.88. The van der Waals surface area contributed by atoms with Crippen molar-refractivity contribution in [3.05, 3.63) is 62.6 Å². The van der Waals surface area contributed by atoms with Gasteiger partial charge in [0.25, 0.3) is 5.91 Å². The lowest BCUT2D eigenvalue weighted by molar-refractivity contribution is -0.117. The molecular formula is C22H20Cl5N3O2. The molecule has 0 heterocycles. The molecule has 2 amide bonds. The Balaban J connectivity index is 1.47. The van der Waals surface area contributed by atoms with Crippen molar-refractivity contribution < 1.29 is 9.59 Å². The molecule has 2 aliphatic rings. The maximum atomic E-state index is 12.9. The first-order chi connectivity index (χ1) is 15.1. The number of carbonyl (C=O) groups excluding carboxylic acids is 2. The molecule has 4 atom stereocenters. The highest BCUT2D eigenvalue weighted by Crippen LogP contribution is 2.65. The molecule has 2 aromatic carbocycles. The van der Waals surface area contributed by atoms with Gasteiger partial charge in [-0.15, -0.1) is 23.2 Å². The van der Waals surface area contributed by atoms with Gasteiger partial charge in [0.05, 0.1) is 16.5 Å². The highest BCUT2D eigenvalue weighted by atomic mass is 35.5. The van der Waals surface area contributed by atoms with E-state index in [1.54, 1.807) is 30.3 Å². The minimum absolute atomic E-state index is 0.0108. The Morgan fingerprint density at radius 2 is 1.69 bits per heavy atom. The third-order valence-electron chi connectivity index (χ3n) is 5.87. The molecule has 0 saturated heterocycles. The number of amides is 2. The van der Waals surface area contributed by atoms with E-state index in [1.165, 1.54) is 6.07 Å². The first kappa shape index (κ1) is 23.9. The number of anilines is 1. The van der Waals surface area contributed by atoms with Crippen LogP contribution in [0.4, 0.5) is 5.69 Å². The molecule has 2 saturated carbocycles. The molecule has 10 heteroatoms. The molecule has 0 radical (unpaired) electrons. The molecular weight excluding hydrogens is 516 g/mol. The van der Waals surface area contributed by atoms with Crippen molar-refractivity contribution in [2.45, 2.75) is 41.6 Å². The van der Waals surface area contributed by atoms with Gasteiger partial charge in [-0.2, -0.15) is 0 Å². The van der Waals surface area contributed by atoms with Crippen LogP contribution < -0.4 is 16.4 Å². The molecule has 170 valence electrons. The summed E-state index contributed by atoms with van der Waals surface area (Å²) in [5.41, 5.74) is 7.27. The Labute approximate surface area is 210 Å². The third-order valence-corrected chi connectivity index (χ3v) is 7.57. The van der Waals surface area contributed by atoms with Crippen LogP contribution in [-0.2, 0) is 4.79 Å². The molecule has 2 aromatic rings. The molecule has 0 aromatic heterocycles. The molecule has 0 spiro atoms. The van der Waals surface area contributed by atoms with Crippen molar-refractivity contribution in [3.8, 4) is 0 Å². The number of carbonyl (C=O) groups is 2. The van der Waals surface area contributed by atoms with E-state index in [0.717, 1.165) is 19.3 Å². The number of hydrogen-bond donors (Lipinski definition) is 3. The van der Waals surface area contributed by atoms with Gasteiger partial charge in [0.15, 0.2) is 0 Å². The fourth-order valence-corrected chi connectivity index (χ4v) is 5.80. The lowest BCUT2D eigenvalue weighted by atomic mass is 10.1. The minimum Gasteiger partial charge on any atom is -0.349 e. The molecule has 5 nitrogen and oxygen atoms in total. The maximum Gasteiger partial charge on any atom is 0.253 e. The van der Waals surface area contributed by atoms with Crippen molar-refractivity contribution in [2.75, 3.05) is 5.32 Å². The second-order valence-corrected chi connectivity index (χ2v) is 11.0.